The summed E-state index contributed by atoms with van der Waals surface area (Å²) in [6, 6.07) is 6.54. The van der Waals surface area contributed by atoms with E-state index < -0.39 is 22.7 Å². The van der Waals surface area contributed by atoms with Gasteiger partial charge in [-0.05, 0) is 37.1 Å². The number of hydrogen-bond acceptors (Lipinski definition) is 4. The lowest BCUT2D eigenvalue weighted by Gasteiger charge is -2.14. The smallest absolute Gasteiger partial charge is 0.322 e. The van der Waals surface area contributed by atoms with Crippen LogP contribution in [-0.4, -0.2) is 19.6 Å². The zero-order valence-electron chi connectivity index (χ0n) is 15.8. The molecule has 0 bridgehead atoms. The van der Waals surface area contributed by atoms with Crippen LogP contribution in [0.5, 0.6) is 0 Å². The third kappa shape index (κ3) is 2.88. The Labute approximate surface area is 154 Å². The maximum atomic E-state index is 12.9. The van der Waals surface area contributed by atoms with E-state index in [9.17, 15) is 19.2 Å². The van der Waals surface area contributed by atoms with Crippen molar-refractivity contribution in [3.05, 3.63) is 72.1 Å². The van der Waals surface area contributed by atoms with Crippen molar-refractivity contribution in [3.8, 4) is 0 Å². The standard InChI is InChI=1S/C19H20N4O4/c1-10-6-7-12(8-11(10)2)20-16(25)13-9-14(24)21(3)17-15(13)18(26)23(5)19(27)22(17)4/h6-9H,1-5H3,(H,20,25). The van der Waals surface area contributed by atoms with Crippen molar-refractivity contribution in [3.63, 3.8) is 0 Å². The van der Waals surface area contributed by atoms with Gasteiger partial charge in [0.1, 0.15) is 5.65 Å². The van der Waals surface area contributed by atoms with Crippen LogP contribution in [0.4, 0.5) is 5.69 Å². The van der Waals surface area contributed by atoms with Crippen molar-refractivity contribution in [1.82, 2.24) is 13.7 Å². The predicted molar refractivity (Wildman–Crippen MR) is 104 cm³/mol. The molecule has 0 fully saturated rings. The molecular formula is C19H20N4O4. The van der Waals surface area contributed by atoms with Gasteiger partial charge in [-0.3, -0.25) is 28.1 Å². The molecule has 0 saturated heterocycles. The molecule has 0 aliphatic rings. The van der Waals surface area contributed by atoms with Gasteiger partial charge in [-0.25, -0.2) is 4.79 Å². The molecule has 1 amide bonds. The number of amides is 1. The lowest BCUT2D eigenvalue weighted by atomic mass is 10.1. The molecule has 2 heterocycles. The summed E-state index contributed by atoms with van der Waals surface area (Å²) >= 11 is 0. The molecule has 0 unspecified atom stereocenters. The van der Waals surface area contributed by atoms with Crippen LogP contribution in [0.3, 0.4) is 0 Å². The SMILES string of the molecule is Cc1ccc(NC(=O)c2cc(=O)n(C)c3c2c(=O)n(C)c(=O)n3C)cc1C. The average Bonchev–Trinajstić information content (AvgIpc) is 2.62. The lowest BCUT2D eigenvalue weighted by molar-refractivity contribution is 0.102. The number of carbonyl (C=O) groups excluding carboxylic acids is 1. The van der Waals surface area contributed by atoms with E-state index in [1.165, 1.54) is 30.3 Å². The first kappa shape index (κ1) is 18.4. The molecule has 0 aliphatic heterocycles. The zero-order valence-corrected chi connectivity index (χ0v) is 15.8. The lowest BCUT2D eigenvalue weighted by Crippen LogP contribution is -2.40. The number of hydrogen-bond donors (Lipinski definition) is 1. The molecule has 1 aromatic carbocycles. The Morgan fingerprint density at radius 3 is 2.19 bits per heavy atom. The maximum Gasteiger partial charge on any atom is 0.332 e. The second-order valence-corrected chi connectivity index (χ2v) is 6.61. The Morgan fingerprint density at radius 2 is 1.56 bits per heavy atom. The third-order valence-corrected chi connectivity index (χ3v) is 4.83. The molecule has 3 rings (SSSR count). The number of rotatable bonds is 2. The van der Waals surface area contributed by atoms with Gasteiger partial charge in [-0.1, -0.05) is 6.07 Å². The predicted octanol–water partition coefficient (Wildman–Crippen LogP) is 0.805. The average molecular weight is 368 g/mol. The molecule has 8 heteroatoms. The highest BCUT2D eigenvalue weighted by Gasteiger charge is 2.20. The molecule has 0 saturated carbocycles. The highest BCUT2D eigenvalue weighted by molar-refractivity contribution is 6.11. The van der Waals surface area contributed by atoms with Crippen LogP contribution < -0.4 is 22.1 Å². The van der Waals surface area contributed by atoms with E-state index in [2.05, 4.69) is 5.32 Å². The molecule has 0 atom stereocenters. The summed E-state index contributed by atoms with van der Waals surface area (Å²) in [4.78, 5) is 50.1. The molecule has 2 aromatic heterocycles. The summed E-state index contributed by atoms with van der Waals surface area (Å²) in [5.41, 5.74) is 0.969. The number of benzene rings is 1. The van der Waals surface area contributed by atoms with Crippen LogP contribution in [0, 0.1) is 13.8 Å². The van der Waals surface area contributed by atoms with E-state index >= 15 is 0 Å². The van der Waals surface area contributed by atoms with Crippen LogP contribution in [0.15, 0.2) is 38.6 Å². The third-order valence-electron chi connectivity index (χ3n) is 4.83. The molecule has 8 nitrogen and oxygen atoms in total. The Bertz CT molecular complexity index is 1280. The van der Waals surface area contributed by atoms with Crippen LogP contribution >= 0.6 is 0 Å². The van der Waals surface area contributed by atoms with Crippen LogP contribution in [-0.2, 0) is 21.1 Å². The summed E-state index contributed by atoms with van der Waals surface area (Å²) in [6.07, 6.45) is 0. The quantitative estimate of drug-likeness (QED) is 0.724. The van der Waals surface area contributed by atoms with Gasteiger partial charge in [-0.2, -0.15) is 0 Å². The minimum Gasteiger partial charge on any atom is -0.322 e. The molecule has 140 valence electrons. The second kappa shape index (κ2) is 6.39. The summed E-state index contributed by atoms with van der Waals surface area (Å²) < 4.78 is 3.29. The van der Waals surface area contributed by atoms with Crippen molar-refractivity contribution in [2.24, 2.45) is 21.1 Å². The van der Waals surface area contributed by atoms with Gasteiger partial charge in [0.2, 0.25) is 0 Å². The number of nitrogens with one attached hydrogen (secondary N) is 1. The molecule has 0 spiro atoms. The second-order valence-electron chi connectivity index (χ2n) is 6.61. The first-order valence-corrected chi connectivity index (χ1v) is 8.32. The number of fused-ring (bicyclic) bond motifs is 1. The fraction of sp³-hybridized carbons (Fsp3) is 0.263. The number of aryl methyl sites for hydroxylation is 4. The van der Waals surface area contributed by atoms with E-state index in [4.69, 9.17) is 0 Å². The Hall–Kier alpha value is -3.42. The van der Waals surface area contributed by atoms with Gasteiger partial charge in [0.25, 0.3) is 17.0 Å². The molecule has 0 aliphatic carbocycles. The van der Waals surface area contributed by atoms with E-state index in [1.807, 2.05) is 26.0 Å². The summed E-state index contributed by atoms with van der Waals surface area (Å²) in [5, 5.41) is 2.74. The highest BCUT2D eigenvalue weighted by atomic mass is 16.2. The van der Waals surface area contributed by atoms with Gasteiger partial charge in [-0.15, -0.1) is 0 Å². The van der Waals surface area contributed by atoms with Crippen molar-refractivity contribution in [1.29, 1.82) is 0 Å². The fourth-order valence-corrected chi connectivity index (χ4v) is 3.06. The van der Waals surface area contributed by atoms with E-state index in [-0.39, 0.29) is 16.6 Å². The first-order valence-electron chi connectivity index (χ1n) is 8.32. The van der Waals surface area contributed by atoms with Gasteiger partial charge < -0.3 is 5.32 Å². The molecule has 3 aromatic rings. The Morgan fingerprint density at radius 1 is 0.889 bits per heavy atom. The van der Waals surface area contributed by atoms with Gasteiger partial charge in [0.05, 0.1) is 10.9 Å². The van der Waals surface area contributed by atoms with E-state index in [1.54, 1.807) is 6.07 Å². The van der Waals surface area contributed by atoms with Crippen LogP contribution in [0.1, 0.15) is 21.5 Å². The topological polar surface area (TPSA) is 95.1 Å². The summed E-state index contributed by atoms with van der Waals surface area (Å²) in [5.74, 6) is -0.586. The van der Waals surface area contributed by atoms with Crippen molar-refractivity contribution >= 4 is 22.6 Å². The zero-order chi connectivity index (χ0) is 20.0. The van der Waals surface area contributed by atoms with Crippen molar-refractivity contribution in [2.75, 3.05) is 5.32 Å². The number of nitrogens with zero attached hydrogens (tertiary/aromatic N) is 3. The Balaban J connectivity index is 2.28. The normalized spacial score (nSPS) is 11.0. The minimum absolute atomic E-state index is 0.0167. The van der Waals surface area contributed by atoms with Gasteiger partial charge >= 0.3 is 5.69 Å². The van der Waals surface area contributed by atoms with Crippen LogP contribution in [0.25, 0.3) is 11.0 Å². The first-order chi connectivity index (χ1) is 12.6. The molecule has 0 radical (unpaired) electrons. The monoisotopic (exact) mass is 368 g/mol. The Kier molecular flexibility index (Phi) is 4.35. The number of pyridine rings is 1. The molecule has 27 heavy (non-hydrogen) atoms. The highest BCUT2D eigenvalue weighted by Crippen LogP contribution is 2.17. The summed E-state index contributed by atoms with van der Waals surface area (Å²) in [7, 11) is 4.24. The number of carbonyl (C=O) groups is 1. The van der Waals surface area contributed by atoms with Gasteiger partial charge in [0.15, 0.2) is 0 Å². The maximum absolute atomic E-state index is 12.9. The fourth-order valence-electron chi connectivity index (χ4n) is 3.06. The number of aromatic nitrogens is 3. The van der Waals surface area contributed by atoms with Crippen molar-refractivity contribution in [2.45, 2.75) is 13.8 Å². The molecule has 1 N–H and O–H groups in total. The number of anilines is 1. The summed E-state index contributed by atoms with van der Waals surface area (Å²) in [6.45, 7) is 3.88. The largest absolute Gasteiger partial charge is 0.332 e. The van der Waals surface area contributed by atoms with Crippen LogP contribution in [0.2, 0.25) is 0 Å². The van der Waals surface area contributed by atoms with Gasteiger partial charge in [0, 0.05) is 32.9 Å². The van der Waals surface area contributed by atoms with Crippen molar-refractivity contribution < 1.29 is 4.79 Å². The van der Waals surface area contributed by atoms with E-state index in [0.29, 0.717) is 5.69 Å². The molecular weight excluding hydrogens is 348 g/mol. The van der Waals surface area contributed by atoms with E-state index in [0.717, 1.165) is 21.8 Å². The minimum atomic E-state index is -0.631.